The Morgan fingerprint density at radius 1 is 0.967 bits per heavy atom. The summed E-state index contributed by atoms with van der Waals surface area (Å²) in [7, 11) is -3.02. The van der Waals surface area contributed by atoms with Gasteiger partial charge in [0.2, 0.25) is 0 Å². The molecular weight excluding hydrogens is 474 g/mol. The van der Waals surface area contributed by atoms with Crippen molar-refractivity contribution in [3.63, 3.8) is 0 Å². The highest BCUT2D eigenvalue weighted by atomic mass is 79.9. The predicted octanol–water partition coefficient (Wildman–Crippen LogP) is 4.40. The van der Waals surface area contributed by atoms with E-state index in [0.717, 1.165) is 11.6 Å². The summed E-state index contributed by atoms with van der Waals surface area (Å²) < 4.78 is 33.2. The first kappa shape index (κ1) is 21.5. The van der Waals surface area contributed by atoms with Gasteiger partial charge in [-0.25, -0.2) is 18.0 Å². The minimum Gasteiger partial charge on any atom is -0.478 e. The maximum absolute atomic E-state index is 13.0. The molecule has 0 bridgehead atoms. The van der Waals surface area contributed by atoms with E-state index >= 15 is 0 Å². The molecule has 2 N–H and O–H groups in total. The number of esters is 1. The number of aromatic carboxylic acids is 1. The number of rotatable bonds is 6. The van der Waals surface area contributed by atoms with Crippen molar-refractivity contribution in [1.29, 1.82) is 0 Å². The van der Waals surface area contributed by atoms with Crippen LogP contribution in [0.5, 0.6) is 0 Å². The molecule has 0 amide bonds. The quantitative estimate of drug-likeness (QED) is 0.496. The zero-order valence-corrected chi connectivity index (χ0v) is 18.0. The highest BCUT2D eigenvalue weighted by Gasteiger charge is 2.21. The van der Waals surface area contributed by atoms with Gasteiger partial charge in [0.1, 0.15) is 0 Å². The lowest BCUT2D eigenvalue weighted by molar-refractivity contribution is 0.0599. The van der Waals surface area contributed by atoms with E-state index < -0.39 is 22.0 Å². The van der Waals surface area contributed by atoms with Gasteiger partial charge >= 0.3 is 11.9 Å². The number of carbonyl (C=O) groups is 2. The van der Waals surface area contributed by atoms with Crippen LogP contribution in [0.2, 0.25) is 0 Å². The fourth-order valence-electron chi connectivity index (χ4n) is 2.78. The van der Waals surface area contributed by atoms with Gasteiger partial charge in [0.05, 0.1) is 28.8 Å². The second-order valence-electron chi connectivity index (χ2n) is 6.20. The smallest absolute Gasteiger partial charge is 0.337 e. The number of carboxylic acid groups (broad SMARTS) is 1. The number of carbonyl (C=O) groups excluding carboxylic acids is 1. The van der Waals surface area contributed by atoms with Crippen LogP contribution in [0.3, 0.4) is 0 Å². The number of methoxy groups -OCH3 is 1. The van der Waals surface area contributed by atoms with Crippen LogP contribution >= 0.6 is 15.9 Å². The normalized spacial score (nSPS) is 11.0. The van der Waals surface area contributed by atoms with Crippen molar-refractivity contribution >= 4 is 43.6 Å². The largest absolute Gasteiger partial charge is 0.478 e. The molecule has 0 spiro atoms. The second kappa shape index (κ2) is 8.68. The number of anilines is 1. The summed E-state index contributed by atoms with van der Waals surface area (Å²) in [4.78, 5) is 23.2. The Balaban J connectivity index is 2.07. The van der Waals surface area contributed by atoms with E-state index in [0.29, 0.717) is 10.0 Å². The van der Waals surface area contributed by atoms with Gasteiger partial charge in [0.25, 0.3) is 10.0 Å². The number of nitrogens with one attached hydrogen (secondary N) is 1. The van der Waals surface area contributed by atoms with E-state index in [-0.39, 0.29) is 21.7 Å². The number of hydrogen-bond acceptors (Lipinski definition) is 5. The molecular formula is C21H16BrNO6S. The van der Waals surface area contributed by atoms with Gasteiger partial charge < -0.3 is 9.84 Å². The molecule has 3 rings (SSSR count). The van der Waals surface area contributed by atoms with Crippen molar-refractivity contribution in [3.8, 4) is 11.1 Å². The molecule has 0 radical (unpaired) electrons. The Bertz CT molecular complexity index is 1230. The average molecular weight is 490 g/mol. The summed E-state index contributed by atoms with van der Waals surface area (Å²) in [6.07, 6.45) is 0. The highest BCUT2D eigenvalue weighted by molar-refractivity contribution is 9.10. The molecule has 7 nitrogen and oxygen atoms in total. The van der Waals surface area contributed by atoms with Crippen LogP contribution in [-0.4, -0.2) is 32.6 Å². The maximum Gasteiger partial charge on any atom is 0.337 e. The Labute approximate surface area is 181 Å². The second-order valence-corrected chi connectivity index (χ2v) is 8.80. The standard InChI is InChI=1S/C21H16BrNO6S/c1-29-21(26)15-9-16(22)12-17(10-15)30(27,28)23-19-11-14(7-8-18(19)20(24)25)13-5-3-2-4-6-13/h2-12,23H,1H3,(H,24,25). The number of ether oxygens (including phenoxy) is 1. The number of hydrogen-bond donors (Lipinski definition) is 2. The maximum atomic E-state index is 13.0. The summed E-state index contributed by atoms with van der Waals surface area (Å²) in [6, 6.07) is 17.4. The molecule has 0 aliphatic carbocycles. The molecule has 3 aromatic carbocycles. The molecule has 0 aliphatic rings. The Morgan fingerprint density at radius 3 is 2.30 bits per heavy atom. The minimum absolute atomic E-state index is 0.0312. The Hall–Kier alpha value is -3.17. The van der Waals surface area contributed by atoms with Crippen molar-refractivity contribution < 1.29 is 27.9 Å². The van der Waals surface area contributed by atoms with Crippen LogP contribution in [0.1, 0.15) is 20.7 Å². The van der Waals surface area contributed by atoms with Crippen molar-refractivity contribution in [3.05, 3.63) is 82.3 Å². The molecule has 0 atom stereocenters. The van der Waals surface area contributed by atoms with Crippen LogP contribution in [0.4, 0.5) is 5.69 Å². The van der Waals surface area contributed by atoms with E-state index in [9.17, 15) is 23.1 Å². The predicted molar refractivity (Wildman–Crippen MR) is 115 cm³/mol. The molecule has 0 heterocycles. The fourth-order valence-corrected chi connectivity index (χ4v) is 4.57. The monoisotopic (exact) mass is 489 g/mol. The van der Waals surface area contributed by atoms with Gasteiger partial charge in [0, 0.05) is 4.47 Å². The van der Waals surface area contributed by atoms with Crippen molar-refractivity contribution in [1.82, 2.24) is 0 Å². The lowest BCUT2D eigenvalue weighted by Crippen LogP contribution is -2.16. The van der Waals surface area contributed by atoms with Crippen LogP contribution in [0, 0.1) is 0 Å². The first-order valence-electron chi connectivity index (χ1n) is 8.56. The summed E-state index contributed by atoms with van der Waals surface area (Å²) in [5.41, 5.74) is 1.17. The zero-order chi connectivity index (χ0) is 21.9. The number of sulfonamides is 1. The van der Waals surface area contributed by atoms with Gasteiger partial charge in [-0.2, -0.15) is 0 Å². The molecule has 0 saturated heterocycles. The molecule has 0 aromatic heterocycles. The van der Waals surface area contributed by atoms with E-state index in [4.69, 9.17) is 0 Å². The molecule has 0 aliphatic heterocycles. The molecule has 154 valence electrons. The summed E-state index contributed by atoms with van der Waals surface area (Å²) in [6.45, 7) is 0. The first-order chi connectivity index (χ1) is 14.2. The van der Waals surface area contributed by atoms with E-state index in [1.54, 1.807) is 6.07 Å². The van der Waals surface area contributed by atoms with Gasteiger partial charge in [-0.05, 0) is 41.5 Å². The minimum atomic E-state index is -4.21. The number of benzene rings is 3. The van der Waals surface area contributed by atoms with Crippen LogP contribution < -0.4 is 4.72 Å². The van der Waals surface area contributed by atoms with Crippen LogP contribution in [-0.2, 0) is 14.8 Å². The third kappa shape index (κ3) is 4.69. The van der Waals surface area contributed by atoms with Crippen molar-refractivity contribution in [2.75, 3.05) is 11.8 Å². The number of halogens is 1. The van der Waals surface area contributed by atoms with Crippen molar-refractivity contribution in [2.24, 2.45) is 0 Å². The van der Waals surface area contributed by atoms with Gasteiger partial charge in [0.15, 0.2) is 0 Å². The third-order valence-corrected chi connectivity index (χ3v) is 6.01. The Morgan fingerprint density at radius 2 is 1.67 bits per heavy atom. The van der Waals surface area contributed by atoms with E-state index in [2.05, 4.69) is 25.4 Å². The molecule has 30 heavy (non-hydrogen) atoms. The summed E-state index contributed by atoms with van der Waals surface area (Å²) in [5.74, 6) is -1.98. The van der Waals surface area contributed by atoms with Gasteiger partial charge in [-0.3, -0.25) is 4.72 Å². The first-order valence-corrected chi connectivity index (χ1v) is 10.8. The third-order valence-electron chi connectivity index (χ3n) is 4.20. The lowest BCUT2D eigenvalue weighted by Gasteiger charge is -2.13. The van der Waals surface area contributed by atoms with E-state index in [1.807, 2.05) is 30.3 Å². The zero-order valence-electron chi connectivity index (χ0n) is 15.6. The topological polar surface area (TPSA) is 110 Å². The SMILES string of the molecule is COC(=O)c1cc(Br)cc(S(=O)(=O)Nc2cc(-c3ccccc3)ccc2C(=O)O)c1. The summed E-state index contributed by atoms with van der Waals surface area (Å²) in [5, 5.41) is 9.48. The van der Waals surface area contributed by atoms with Crippen molar-refractivity contribution in [2.45, 2.75) is 4.90 Å². The molecule has 9 heteroatoms. The van der Waals surface area contributed by atoms with E-state index in [1.165, 1.54) is 31.4 Å². The van der Waals surface area contributed by atoms with Crippen LogP contribution in [0.15, 0.2) is 76.1 Å². The van der Waals surface area contributed by atoms with Gasteiger partial charge in [-0.15, -0.1) is 0 Å². The summed E-state index contributed by atoms with van der Waals surface area (Å²) >= 11 is 3.17. The highest BCUT2D eigenvalue weighted by Crippen LogP contribution is 2.29. The molecule has 0 unspecified atom stereocenters. The van der Waals surface area contributed by atoms with Crippen LogP contribution in [0.25, 0.3) is 11.1 Å². The lowest BCUT2D eigenvalue weighted by atomic mass is 10.0. The molecule has 0 fully saturated rings. The number of carboxylic acids is 1. The fraction of sp³-hybridized carbons (Fsp3) is 0.0476. The average Bonchev–Trinajstić information content (AvgIpc) is 2.72. The molecule has 0 saturated carbocycles. The molecule has 3 aromatic rings. The Kier molecular flexibility index (Phi) is 6.23. The van der Waals surface area contributed by atoms with Gasteiger partial charge in [-0.1, -0.05) is 52.3 Å².